The molecule has 0 bridgehead atoms. The number of amides is 1. The first-order chi connectivity index (χ1) is 11.9. The summed E-state index contributed by atoms with van der Waals surface area (Å²) in [5.41, 5.74) is 2.94. The fourth-order valence-electron chi connectivity index (χ4n) is 3.85. The summed E-state index contributed by atoms with van der Waals surface area (Å²) in [6.07, 6.45) is 2.84. The molecule has 0 radical (unpaired) electrons. The van der Waals surface area contributed by atoms with Crippen LogP contribution in [0.25, 0.3) is 0 Å². The number of rotatable bonds is 3. The summed E-state index contributed by atoms with van der Waals surface area (Å²) in [6, 6.07) is 6.31. The molecule has 1 N–H and O–H groups in total. The van der Waals surface area contributed by atoms with E-state index in [2.05, 4.69) is 23.1 Å². The van der Waals surface area contributed by atoms with Crippen molar-refractivity contribution >= 4 is 11.8 Å². The topological polar surface area (TPSA) is 53.0 Å². The minimum Gasteiger partial charge on any atom is -0.443 e. The van der Waals surface area contributed by atoms with Crippen molar-refractivity contribution in [3.63, 3.8) is 0 Å². The zero-order chi connectivity index (χ0) is 18.0. The maximum atomic E-state index is 12.6. The van der Waals surface area contributed by atoms with Crippen LogP contribution in [0.15, 0.2) is 18.2 Å². The molecule has 1 saturated heterocycles. The van der Waals surface area contributed by atoms with E-state index < -0.39 is 5.60 Å². The third-order valence-corrected chi connectivity index (χ3v) is 4.95. The van der Waals surface area contributed by atoms with Gasteiger partial charge in [-0.2, -0.15) is 0 Å². The number of ether oxygens (including phenoxy) is 1. The second kappa shape index (κ2) is 7.34. The van der Waals surface area contributed by atoms with E-state index in [1.807, 2.05) is 20.8 Å². The van der Waals surface area contributed by atoms with Gasteiger partial charge in [0.05, 0.1) is 5.69 Å². The number of carbonyl (C=O) groups is 1. The predicted octanol–water partition coefficient (Wildman–Crippen LogP) is 3.19. The fraction of sp³-hybridized carbons (Fsp3) is 0.650. The van der Waals surface area contributed by atoms with Crippen LogP contribution in [0.2, 0.25) is 0 Å². The molecule has 0 spiro atoms. The average Bonchev–Trinajstić information content (AvgIpc) is 2.99. The summed E-state index contributed by atoms with van der Waals surface area (Å²) in [5.74, 6) is 0.368. The van der Waals surface area contributed by atoms with Gasteiger partial charge < -0.3 is 9.84 Å². The lowest BCUT2D eigenvalue weighted by molar-refractivity contribution is 0.0583. The molecule has 1 amide bonds. The van der Waals surface area contributed by atoms with E-state index in [1.165, 1.54) is 11.1 Å². The first kappa shape index (κ1) is 18.2. The number of piperidine rings is 1. The van der Waals surface area contributed by atoms with Crippen LogP contribution in [0.1, 0.15) is 44.7 Å². The summed E-state index contributed by atoms with van der Waals surface area (Å²) in [4.78, 5) is 16.8. The molecule has 2 aliphatic heterocycles. The molecular weight excluding hydrogens is 316 g/mol. The first-order valence-corrected chi connectivity index (χ1v) is 9.32. The van der Waals surface area contributed by atoms with Crippen molar-refractivity contribution in [3.05, 3.63) is 29.3 Å². The Morgan fingerprint density at radius 2 is 2.12 bits per heavy atom. The Morgan fingerprint density at radius 3 is 2.84 bits per heavy atom. The molecule has 138 valence electrons. The van der Waals surface area contributed by atoms with Gasteiger partial charge in [-0.05, 0) is 63.6 Å². The molecule has 3 rings (SSSR count). The molecule has 1 fully saturated rings. The monoisotopic (exact) mass is 346 g/mol. The van der Waals surface area contributed by atoms with Crippen LogP contribution in [0.4, 0.5) is 10.5 Å². The van der Waals surface area contributed by atoms with Crippen LogP contribution < -0.4 is 4.90 Å². The summed E-state index contributed by atoms with van der Waals surface area (Å²) in [6.45, 7) is 9.43. The van der Waals surface area contributed by atoms with Crippen molar-refractivity contribution in [2.45, 2.75) is 52.2 Å². The van der Waals surface area contributed by atoms with Crippen LogP contribution in [0, 0.1) is 5.92 Å². The van der Waals surface area contributed by atoms with E-state index in [4.69, 9.17) is 4.74 Å². The standard InChI is InChI=1S/C20H30N2O3/c1-20(2,3)25-19(24)22-11-9-16-7-4-8-17(18(16)22)13-21-10-5-6-15(12-21)14-23/h4,7-8,15,23H,5-6,9-14H2,1-3H3. The van der Waals surface area contributed by atoms with Gasteiger partial charge in [0, 0.05) is 26.2 Å². The molecule has 1 aromatic carbocycles. The number of hydrogen-bond acceptors (Lipinski definition) is 4. The maximum Gasteiger partial charge on any atom is 0.414 e. The smallest absolute Gasteiger partial charge is 0.414 e. The number of benzene rings is 1. The minimum atomic E-state index is -0.490. The molecule has 1 aromatic rings. The van der Waals surface area contributed by atoms with Crippen LogP contribution in [0.3, 0.4) is 0 Å². The Balaban J connectivity index is 1.78. The van der Waals surface area contributed by atoms with Crippen LogP contribution in [-0.2, 0) is 17.7 Å². The van der Waals surface area contributed by atoms with Crippen LogP contribution >= 0.6 is 0 Å². The van der Waals surface area contributed by atoms with Crippen molar-refractivity contribution in [2.24, 2.45) is 5.92 Å². The predicted molar refractivity (Wildman–Crippen MR) is 98.8 cm³/mol. The van der Waals surface area contributed by atoms with Gasteiger partial charge in [-0.1, -0.05) is 18.2 Å². The summed E-state index contributed by atoms with van der Waals surface area (Å²) in [5, 5.41) is 9.46. The second-order valence-corrected chi connectivity index (χ2v) is 8.23. The average molecular weight is 346 g/mol. The van der Waals surface area contributed by atoms with Crippen molar-refractivity contribution in [3.8, 4) is 0 Å². The number of fused-ring (bicyclic) bond motifs is 1. The first-order valence-electron chi connectivity index (χ1n) is 9.32. The Kier molecular flexibility index (Phi) is 5.35. The van der Waals surface area contributed by atoms with Gasteiger partial charge in [-0.25, -0.2) is 4.79 Å². The number of aliphatic hydroxyl groups excluding tert-OH is 1. The molecule has 2 heterocycles. The Bertz CT molecular complexity index is 624. The second-order valence-electron chi connectivity index (χ2n) is 8.23. The highest BCUT2D eigenvalue weighted by atomic mass is 16.6. The third-order valence-electron chi connectivity index (χ3n) is 4.95. The zero-order valence-electron chi connectivity index (χ0n) is 15.6. The normalized spacial score (nSPS) is 21.3. The van der Waals surface area contributed by atoms with Crippen molar-refractivity contribution < 1.29 is 14.6 Å². The van der Waals surface area contributed by atoms with Gasteiger partial charge in [0.15, 0.2) is 0 Å². The number of likely N-dealkylation sites (tertiary alicyclic amines) is 1. The molecule has 25 heavy (non-hydrogen) atoms. The van der Waals surface area contributed by atoms with Gasteiger partial charge in [0.2, 0.25) is 0 Å². The molecule has 0 saturated carbocycles. The van der Waals surface area contributed by atoms with Crippen molar-refractivity contribution in [1.82, 2.24) is 4.90 Å². The Labute approximate surface area is 150 Å². The number of anilines is 1. The lowest BCUT2D eigenvalue weighted by Crippen LogP contribution is -2.38. The summed E-state index contributed by atoms with van der Waals surface area (Å²) < 4.78 is 5.60. The van der Waals surface area contributed by atoms with Gasteiger partial charge in [0.25, 0.3) is 0 Å². The maximum absolute atomic E-state index is 12.6. The van der Waals surface area contributed by atoms with E-state index >= 15 is 0 Å². The van der Waals surface area contributed by atoms with Gasteiger partial charge in [-0.15, -0.1) is 0 Å². The molecule has 0 aliphatic carbocycles. The van der Waals surface area contributed by atoms with Gasteiger partial charge in [0.1, 0.15) is 5.60 Å². The van der Waals surface area contributed by atoms with E-state index in [9.17, 15) is 9.90 Å². The molecule has 0 aromatic heterocycles. The van der Waals surface area contributed by atoms with E-state index in [0.29, 0.717) is 12.5 Å². The SMILES string of the molecule is CC(C)(C)OC(=O)N1CCc2cccc(CN3CCCC(CO)C3)c21. The quantitative estimate of drug-likeness (QED) is 0.913. The van der Waals surface area contributed by atoms with E-state index in [1.54, 1.807) is 4.90 Å². The highest BCUT2D eigenvalue weighted by molar-refractivity contribution is 5.91. The van der Waals surface area contributed by atoms with Gasteiger partial charge >= 0.3 is 6.09 Å². The largest absolute Gasteiger partial charge is 0.443 e. The van der Waals surface area contributed by atoms with E-state index in [-0.39, 0.29) is 12.7 Å². The lowest BCUT2D eigenvalue weighted by Gasteiger charge is -2.33. The molecule has 1 unspecified atom stereocenters. The molecular formula is C20H30N2O3. The molecule has 5 heteroatoms. The summed E-state index contributed by atoms with van der Waals surface area (Å²) in [7, 11) is 0. The van der Waals surface area contributed by atoms with E-state index in [0.717, 1.165) is 44.6 Å². The molecule has 5 nitrogen and oxygen atoms in total. The minimum absolute atomic E-state index is 0.257. The number of carbonyl (C=O) groups excluding carboxylic acids is 1. The number of nitrogens with zero attached hydrogens (tertiary/aromatic N) is 2. The summed E-state index contributed by atoms with van der Waals surface area (Å²) >= 11 is 0. The highest BCUT2D eigenvalue weighted by Crippen LogP contribution is 2.34. The number of para-hydroxylation sites is 1. The number of aliphatic hydroxyl groups is 1. The molecule has 1 atom stereocenters. The lowest BCUT2D eigenvalue weighted by atomic mass is 9.98. The molecule has 2 aliphatic rings. The van der Waals surface area contributed by atoms with Crippen molar-refractivity contribution in [2.75, 3.05) is 31.1 Å². The van der Waals surface area contributed by atoms with Crippen molar-refractivity contribution in [1.29, 1.82) is 0 Å². The third kappa shape index (κ3) is 4.33. The highest BCUT2D eigenvalue weighted by Gasteiger charge is 2.31. The Morgan fingerprint density at radius 1 is 1.32 bits per heavy atom. The Hall–Kier alpha value is -1.59. The van der Waals surface area contributed by atoms with Crippen LogP contribution in [-0.4, -0.2) is 47.9 Å². The van der Waals surface area contributed by atoms with Crippen LogP contribution in [0.5, 0.6) is 0 Å². The number of hydrogen-bond donors (Lipinski definition) is 1. The zero-order valence-corrected chi connectivity index (χ0v) is 15.6. The fourth-order valence-corrected chi connectivity index (χ4v) is 3.85. The van der Waals surface area contributed by atoms with Gasteiger partial charge in [-0.3, -0.25) is 9.80 Å².